The van der Waals surface area contributed by atoms with Gasteiger partial charge in [-0.15, -0.1) is 10.2 Å². The van der Waals surface area contributed by atoms with Crippen molar-refractivity contribution in [2.24, 2.45) is 5.92 Å². The Morgan fingerprint density at radius 2 is 1.91 bits per heavy atom. The summed E-state index contributed by atoms with van der Waals surface area (Å²) in [4.78, 5) is 25.3. The summed E-state index contributed by atoms with van der Waals surface area (Å²) in [5, 5.41) is 17.4. The first-order chi connectivity index (χ1) is 15.3. The number of halogens is 3. The van der Waals surface area contributed by atoms with Crippen LogP contribution in [0.2, 0.25) is 10.0 Å². The van der Waals surface area contributed by atoms with Crippen molar-refractivity contribution in [3.05, 3.63) is 58.3 Å². The standard InChI is InChI=1S/C21H20Cl2FN5O2S/c1-3-11(2)17(26-20(31)25-14-7-8-16(24)15(23)10-14)18(30)27-21-29-28-19(32-21)12-5-4-6-13(22)9-12/h4-11,17H,3H2,1-2H3,(H2,25,26,31)(H,27,29,30)/t11-,17+/m0/s1. The minimum absolute atomic E-state index is 0.120. The van der Waals surface area contributed by atoms with Crippen LogP contribution < -0.4 is 16.0 Å². The molecule has 3 aromatic rings. The lowest BCUT2D eigenvalue weighted by Gasteiger charge is -2.23. The maximum atomic E-state index is 13.3. The molecule has 2 aromatic carbocycles. The van der Waals surface area contributed by atoms with Crippen molar-refractivity contribution in [2.45, 2.75) is 26.3 Å². The Hall–Kier alpha value is -2.75. The van der Waals surface area contributed by atoms with E-state index in [9.17, 15) is 14.0 Å². The van der Waals surface area contributed by atoms with Gasteiger partial charge in [0, 0.05) is 16.3 Å². The molecule has 1 aromatic heterocycles. The Kier molecular flexibility index (Phi) is 8.00. The fourth-order valence-electron chi connectivity index (χ4n) is 2.78. The van der Waals surface area contributed by atoms with Crippen LogP contribution in [0.1, 0.15) is 20.3 Å². The lowest BCUT2D eigenvalue weighted by Crippen LogP contribution is -2.49. The zero-order valence-corrected chi connectivity index (χ0v) is 19.5. The summed E-state index contributed by atoms with van der Waals surface area (Å²) in [5.74, 6) is -1.19. The summed E-state index contributed by atoms with van der Waals surface area (Å²) in [7, 11) is 0. The molecule has 0 aliphatic heterocycles. The molecule has 0 fully saturated rings. The zero-order chi connectivity index (χ0) is 23.3. The summed E-state index contributed by atoms with van der Waals surface area (Å²) in [6.45, 7) is 3.75. The van der Waals surface area contributed by atoms with Crippen LogP contribution in [0.5, 0.6) is 0 Å². The number of carbonyl (C=O) groups excluding carboxylic acids is 2. The van der Waals surface area contributed by atoms with E-state index < -0.39 is 23.8 Å². The van der Waals surface area contributed by atoms with E-state index in [1.54, 1.807) is 18.2 Å². The third kappa shape index (κ3) is 6.15. The molecule has 0 saturated heterocycles. The van der Waals surface area contributed by atoms with E-state index >= 15 is 0 Å². The van der Waals surface area contributed by atoms with Gasteiger partial charge in [0.25, 0.3) is 0 Å². The Labute approximate surface area is 198 Å². The number of amides is 3. The van der Waals surface area contributed by atoms with Gasteiger partial charge in [0.2, 0.25) is 11.0 Å². The molecule has 0 unspecified atom stereocenters. The monoisotopic (exact) mass is 495 g/mol. The largest absolute Gasteiger partial charge is 0.326 e. The maximum Gasteiger partial charge on any atom is 0.319 e. The van der Waals surface area contributed by atoms with Crippen LogP contribution in [0.15, 0.2) is 42.5 Å². The second-order valence-corrected chi connectivity index (χ2v) is 8.82. The minimum atomic E-state index is -0.838. The van der Waals surface area contributed by atoms with Gasteiger partial charge >= 0.3 is 6.03 Å². The van der Waals surface area contributed by atoms with Crippen molar-refractivity contribution in [3.8, 4) is 10.6 Å². The quantitative estimate of drug-likeness (QED) is 0.384. The Bertz CT molecular complexity index is 1130. The molecule has 1 heterocycles. The molecule has 7 nitrogen and oxygen atoms in total. The molecule has 0 saturated carbocycles. The van der Waals surface area contributed by atoms with Crippen LogP contribution >= 0.6 is 34.5 Å². The molecule has 0 aliphatic carbocycles. The van der Waals surface area contributed by atoms with E-state index in [0.29, 0.717) is 27.3 Å². The number of benzene rings is 2. The van der Waals surface area contributed by atoms with Crippen LogP contribution in [0.4, 0.5) is 20.0 Å². The third-order valence-corrected chi connectivity index (χ3v) is 6.10. The van der Waals surface area contributed by atoms with E-state index in [0.717, 1.165) is 11.6 Å². The molecule has 3 rings (SSSR count). The topological polar surface area (TPSA) is 96.0 Å². The number of hydrogen-bond donors (Lipinski definition) is 3. The first-order valence-electron chi connectivity index (χ1n) is 9.69. The van der Waals surface area contributed by atoms with Crippen LogP contribution in [-0.4, -0.2) is 28.2 Å². The summed E-state index contributed by atoms with van der Waals surface area (Å²) < 4.78 is 13.3. The van der Waals surface area contributed by atoms with Gasteiger partial charge in [-0.2, -0.15) is 0 Å². The predicted molar refractivity (Wildman–Crippen MR) is 126 cm³/mol. The number of urea groups is 1. The maximum absolute atomic E-state index is 13.3. The van der Waals surface area contributed by atoms with E-state index in [4.69, 9.17) is 23.2 Å². The number of aromatic nitrogens is 2. The second-order valence-electron chi connectivity index (χ2n) is 7.00. The van der Waals surface area contributed by atoms with E-state index in [-0.39, 0.29) is 10.9 Å². The average molecular weight is 496 g/mol. The lowest BCUT2D eigenvalue weighted by molar-refractivity contribution is -0.119. The molecule has 11 heteroatoms. The van der Waals surface area contributed by atoms with E-state index in [1.807, 2.05) is 19.9 Å². The molecular formula is C21H20Cl2FN5O2S. The van der Waals surface area contributed by atoms with Gasteiger partial charge in [-0.05, 0) is 36.2 Å². The van der Waals surface area contributed by atoms with Gasteiger partial charge in [-0.1, -0.05) is 66.9 Å². The van der Waals surface area contributed by atoms with E-state index in [2.05, 4.69) is 26.1 Å². The minimum Gasteiger partial charge on any atom is -0.326 e. The summed E-state index contributed by atoms with van der Waals surface area (Å²) in [5.41, 5.74) is 1.08. The Balaban J connectivity index is 1.68. The van der Waals surface area contributed by atoms with Crippen molar-refractivity contribution >= 4 is 57.3 Å². The smallest absolute Gasteiger partial charge is 0.319 e. The third-order valence-electron chi connectivity index (χ3n) is 4.69. The van der Waals surface area contributed by atoms with Crippen molar-refractivity contribution in [1.29, 1.82) is 0 Å². The molecule has 3 N–H and O–H groups in total. The molecule has 0 aliphatic rings. The number of hydrogen-bond acceptors (Lipinski definition) is 5. The van der Waals surface area contributed by atoms with Gasteiger partial charge in [-0.25, -0.2) is 9.18 Å². The van der Waals surface area contributed by atoms with E-state index in [1.165, 1.54) is 23.5 Å². The molecule has 32 heavy (non-hydrogen) atoms. The highest BCUT2D eigenvalue weighted by Crippen LogP contribution is 2.28. The Morgan fingerprint density at radius 1 is 1.12 bits per heavy atom. The fourth-order valence-corrected chi connectivity index (χ4v) is 3.89. The van der Waals surface area contributed by atoms with Crippen molar-refractivity contribution in [2.75, 3.05) is 10.6 Å². The lowest BCUT2D eigenvalue weighted by atomic mass is 9.98. The molecule has 0 radical (unpaired) electrons. The predicted octanol–water partition coefficient (Wildman–Crippen LogP) is 5.83. The average Bonchev–Trinajstić information content (AvgIpc) is 3.22. The number of carbonyl (C=O) groups is 2. The van der Waals surface area contributed by atoms with Crippen LogP contribution in [0, 0.1) is 11.7 Å². The van der Waals surface area contributed by atoms with Crippen LogP contribution in [-0.2, 0) is 4.79 Å². The number of nitrogens with one attached hydrogen (secondary N) is 3. The van der Waals surface area contributed by atoms with Crippen molar-refractivity contribution < 1.29 is 14.0 Å². The molecule has 168 valence electrons. The van der Waals surface area contributed by atoms with Gasteiger partial charge in [-0.3, -0.25) is 10.1 Å². The molecule has 2 atom stereocenters. The first kappa shape index (κ1) is 23.9. The fraction of sp³-hybridized carbons (Fsp3) is 0.238. The first-order valence-corrected chi connectivity index (χ1v) is 11.3. The van der Waals surface area contributed by atoms with Crippen LogP contribution in [0.3, 0.4) is 0 Å². The van der Waals surface area contributed by atoms with Crippen molar-refractivity contribution in [3.63, 3.8) is 0 Å². The number of anilines is 2. The highest BCUT2D eigenvalue weighted by Gasteiger charge is 2.27. The highest BCUT2D eigenvalue weighted by atomic mass is 35.5. The van der Waals surface area contributed by atoms with Gasteiger partial charge in [0.05, 0.1) is 5.02 Å². The normalized spacial score (nSPS) is 12.7. The van der Waals surface area contributed by atoms with Gasteiger partial charge in [0.1, 0.15) is 16.9 Å². The number of nitrogens with zero attached hydrogens (tertiary/aromatic N) is 2. The zero-order valence-electron chi connectivity index (χ0n) is 17.2. The van der Waals surface area contributed by atoms with Gasteiger partial charge < -0.3 is 10.6 Å². The molecule has 3 amide bonds. The Morgan fingerprint density at radius 3 is 2.59 bits per heavy atom. The number of rotatable bonds is 7. The highest BCUT2D eigenvalue weighted by molar-refractivity contribution is 7.18. The second kappa shape index (κ2) is 10.7. The molecular weight excluding hydrogens is 476 g/mol. The molecule has 0 bridgehead atoms. The summed E-state index contributed by atoms with van der Waals surface area (Å²) >= 11 is 13.0. The summed E-state index contributed by atoms with van der Waals surface area (Å²) in [6.07, 6.45) is 0.643. The van der Waals surface area contributed by atoms with Crippen LogP contribution in [0.25, 0.3) is 10.6 Å². The van der Waals surface area contributed by atoms with Gasteiger partial charge in [0.15, 0.2) is 0 Å². The van der Waals surface area contributed by atoms with Crippen molar-refractivity contribution in [1.82, 2.24) is 15.5 Å². The SMILES string of the molecule is CC[C@H](C)[C@@H](NC(=O)Nc1ccc(F)c(Cl)c1)C(=O)Nc1nnc(-c2cccc(Cl)c2)s1. The summed E-state index contributed by atoms with van der Waals surface area (Å²) in [6, 6.07) is 9.49. The molecule has 0 spiro atoms.